The second kappa shape index (κ2) is 7.36. The lowest BCUT2D eigenvalue weighted by molar-refractivity contribution is 0.103. The Balaban J connectivity index is 1.79. The van der Waals surface area contributed by atoms with Crippen LogP contribution in [0.1, 0.15) is 15.4 Å². The van der Waals surface area contributed by atoms with Crippen LogP contribution in [0.2, 0.25) is 5.02 Å². The summed E-state index contributed by atoms with van der Waals surface area (Å²) in [6, 6.07) is 6.52. The van der Waals surface area contributed by atoms with E-state index in [1.54, 1.807) is 24.3 Å². The molecule has 1 amide bonds. The van der Waals surface area contributed by atoms with Crippen molar-refractivity contribution in [2.75, 3.05) is 16.3 Å². The normalized spacial score (nSPS) is 11.3. The average Bonchev–Trinajstić information content (AvgIpc) is 3.18. The number of aromatic nitrogens is 1. The first kappa shape index (κ1) is 18.8. The molecule has 136 valence electrons. The number of rotatable bonds is 5. The average molecular weight is 428 g/mol. The number of nitrogens with one attached hydrogen (secondary N) is 2. The van der Waals surface area contributed by atoms with Crippen molar-refractivity contribution in [1.82, 2.24) is 4.98 Å². The van der Waals surface area contributed by atoms with Gasteiger partial charge in [0, 0.05) is 16.6 Å². The first-order valence-electron chi connectivity index (χ1n) is 7.31. The Morgan fingerprint density at radius 1 is 1.27 bits per heavy atom. The van der Waals surface area contributed by atoms with Gasteiger partial charge in [0.1, 0.15) is 9.88 Å². The van der Waals surface area contributed by atoms with E-state index in [2.05, 4.69) is 15.0 Å². The summed E-state index contributed by atoms with van der Waals surface area (Å²) >= 11 is 8.97. The van der Waals surface area contributed by atoms with Crippen molar-refractivity contribution in [3.8, 4) is 10.6 Å². The molecule has 0 saturated heterocycles. The third-order valence-electron chi connectivity index (χ3n) is 3.29. The second-order valence-electron chi connectivity index (χ2n) is 5.47. The number of amides is 1. The Bertz CT molecular complexity index is 1060. The zero-order valence-electron chi connectivity index (χ0n) is 13.7. The quantitative estimate of drug-likeness (QED) is 0.629. The highest BCUT2D eigenvalue weighted by atomic mass is 35.5. The number of benzene rings is 1. The Labute approximate surface area is 163 Å². The predicted octanol–water partition coefficient (Wildman–Crippen LogP) is 4.46. The van der Waals surface area contributed by atoms with E-state index in [1.807, 2.05) is 16.8 Å². The van der Waals surface area contributed by atoms with Gasteiger partial charge in [-0.1, -0.05) is 11.6 Å². The molecule has 6 nitrogen and oxygen atoms in total. The summed E-state index contributed by atoms with van der Waals surface area (Å²) in [6.07, 6.45) is 1.04. The fourth-order valence-electron chi connectivity index (χ4n) is 2.18. The molecule has 26 heavy (non-hydrogen) atoms. The number of sulfonamides is 1. The molecular weight excluding hydrogens is 414 g/mol. The number of carbonyl (C=O) groups excluding carboxylic acids is 1. The number of anilines is 2. The Morgan fingerprint density at radius 3 is 2.65 bits per heavy atom. The van der Waals surface area contributed by atoms with Crippen molar-refractivity contribution in [2.24, 2.45) is 0 Å². The number of nitrogens with zero attached hydrogens (tertiary/aromatic N) is 1. The van der Waals surface area contributed by atoms with Crippen LogP contribution in [0.5, 0.6) is 0 Å². The van der Waals surface area contributed by atoms with Gasteiger partial charge in [-0.25, -0.2) is 13.4 Å². The van der Waals surface area contributed by atoms with Crippen molar-refractivity contribution in [3.05, 3.63) is 50.6 Å². The SMILES string of the molecule is Cc1nc(-c2ccsc2)sc1C(=O)Nc1ccc(NS(C)(=O)=O)c(Cl)c1. The highest BCUT2D eigenvalue weighted by Crippen LogP contribution is 2.31. The molecule has 2 heterocycles. The summed E-state index contributed by atoms with van der Waals surface area (Å²) in [5.74, 6) is -0.290. The van der Waals surface area contributed by atoms with Crippen molar-refractivity contribution >= 4 is 61.6 Å². The molecule has 2 aromatic heterocycles. The van der Waals surface area contributed by atoms with E-state index < -0.39 is 10.0 Å². The molecule has 2 N–H and O–H groups in total. The lowest BCUT2D eigenvalue weighted by Gasteiger charge is -2.09. The van der Waals surface area contributed by atoms with E-state index in [0.29, 0.717) is 16.3 Å². The minimum atomic E-state index is -3.43. The van der Waals surface area contributed by atoms with Gasteiger partial charge in [-0.2, -0.15) is 11.3 Å². The molecule has 0 saturated carbocycles. The van der Waals surface area contributed by atoms with Crippen LogP contribution in [0.3, 0.4) is 0 Å². The second-order valence-corrected chi connectivity index (χ2v) is 9.40. The van der Waals surface area contributed by atoms with Gasteiger partial charge < -0.3 is 5.32 Å². The van der Waals surface area contributed by atoms with Gasteiger partial charge in [0.15, 0.2) is 0 Å². The number of carbonyl (C=O) groups is 1. The zero-order chi connectivity index (χ0) is 18.9. The van der Waals surface area contributed by atoms with Crippen molar-refractivity contribution < 1.29 is 13.2 Å². The summed E-state index contributed by atoms with van der Waals surface area (Å²) in [4.78, 5) is 17.5. The van der Waals surface area contributed by atoms with Crippen molar-refractivity contribution in [1.29, 1.82) is 0 Å². The van der Waals surface area contributed by atoms with E-state index in [1.165, 1.54) is 23.5 Å². The van der Waals surface area contributed by atoms with Crippen LogP contribution in [0.15, 0.2) is 35.0 Å². The molecule has 0 aliphatic carbocycles. The Morgan fingerprint density at radius 2 is 2.04 bits per heavy atom. The maximum absolute atomic E-state index is 12.6. The minimum absolute atomic E-state index is 0.188. The zero-order valence-corrected chi connectivity index (χ0v) is 16.9. The number of thiazole rings is 1. The van der Waals surface area contributed by atoms with Gasteiger partial charge in [-0.3, -0.25) is 9.52 Å². The number of hydrogen-bond acceptors (Lipinski definition) is 6. The number of thiophene rings is 1. The van der Waals surface area contributed by atoms with Gasteiger partial charge in [0.25, 0.3) is 5.91 Å². The summed E-state index contributed by atoms with van der Waals surface area (Å²) < 4.78 is 24.9. The maximum Gasteiger partial charge on any atom is 0.267 e. The first-order chi connectivity index (χ1) is 12.2. The largest absolute Gasteiger partial charge is 0.321 e. The molecule has 0 unspecified atom stereocenters. The molecule has 3 rings (SSSR count). The standard InChI is InChI=1S/C16H14ClN3O3S3/c1-9-14(25-16(18-9)10-5-6-24-8-10)15(21)19-11-3-4-13(12(17)7-11)20-26(2,22)23/h3-8,20H,1-2H3,(H,19,21). The number of hydrogen-bond donors (Lipinski definition) is 2. The molecule has 1 aromatic carbocycles. The van der Waals surface area contributed by atoms with Crippen LogP contribution in [-0.2, 0) is 10.0 Å². The van der Waals surface area contributed by atoms with Crippen LogP contribution < -0.4 is 10.0 Å². The third kappa shape index (κ3) is 4.42. The smallest absolute Gasteiger partial charge is 0.267 e. The molecule has 0 aliphatic heterocycles. The van der Waals surface area contributed by atoms with E-state index in [9.17, 15) is 13.2 Å². The highest BCUT2D eigenvalue weighted by Gasteiger charge is 2.17. The highest BCUT2D eigenvalue weighted by molar-refractivity contribution is 7.92. The Kier molecular flexibility index (Phi) is 5.33. The molecular formula is C16H14ClN3O3S3. The molecule has 10 heteroatoms. The molecule has 0 aliphatic rings. The number of aryl methyl sites for hydroxylation is 1. The van der Waals surface area contributed by atoms with Gasteiger partial charge in [-0.15, -0.1) is 11.3 Å². The summed E-state index contributed by atoms with van der Waals surface area (Å²) in [6.45, 7) is 1.79. The molecule has 0 spiro atoms. The van der Waals surface area contributed by atoms with Crippen LogP contribution in [-0.4, -0.2) is 25.6 Å². The van der Waals surface area contributed by atoms with Crippen LogP contribution in [0, 0.1) is 6.92 Å². The third-order valence-corrected chi connectivity index (χ3v) is 6.09. The molecule has 0 bridgehead atoms. The van der Waals surface area contributed by atoms with Crippen molar-refractivity contribution in [2.45, 2.75) is 6.92 Å². The van der Waals surface area contributed by atoms with Gasteiger partial charge in [-0.05, 0) is 36.6 Å². The summed E-state index contributed by atoms with van der Waals surface area (Å²) in [5, 5.41) is 7.68. The van der Waals surface area contributed by atoms with E-state index in [4.69, 9.17) is 11.6 Å². The number of halogens is 1. The van der Waals surface area contributed by atoms with Crippen molar-refractivity contribution in [3.63, 3.8) is 0 Å². The summed E-state index contributed by atoms with van der Waals surface area (Å²) in [7, 11) is -3.43. The van der Waals surface area contributed by atoms with E-state index in [-0.39, 0.29) is 16.6 Å². The summed E-state index contributed by atoms with van der Waals surface area (Å²) in [5.41, 5.74) is 2.35. The Hall–Kier alpha value is -1.94. The van der Waals surface area contributed by atoms with Crippen LogP contribution in [0.25, 0.3) is 10.6 Å². The molecule has 0 atom stereocenters. The fourth-order valence-corrected chi connectivity index (χ4v) is 4.71. The fraction of sp³-hybridized carbons (Fsp3) is 0.125. The lowest BCUT2D eigenvalue weighted by Crippen LogP contribution is -2.12. The van der Waals surface area contributed by atoms with E-state index >= 15 is 0 Å². The monoisotopic (exact) mass is 427 g/mol. The molecule has 3 aromatic rings. The van der Waals surface area contributed by atoms with Crippen LogP contribution >= 0.6 is 34.3 Å². The minimum Gasteiger partial charge on any atom is -0.321 e. The lowest BCUT2D eigenvalue weighted by atomic mass is 10.2. The molecule has 0 radical (unpaired) electrons. The predicted molar refractivity (Wildman–Crippen MR) is 108 cm³/mol. The maximum atomic E-state index is 12.6. The van der Waals surface area contributed by atoms with Gasteiger partial charge in [0.2, 0.25) is 10.0 Å². The molecule has 0 fully saturated rings. The van der Waals surface area contributed by atoms with Crippen LogP contribution in [0.4, 0.5) is 11.4 Å². The topological polar surface area (TPSA) is 88.2 Å². The van der Waals surface area contributed by atoms with Gasteiger partial charge in [0.05, 0.1) is 22.7 Å². The first-order valence-corrected chi connectivity index (χ1v) is 11.3. The van der Waals surface area contributed by atoms with E-state index in [0.717, 1.165) is 16.8 Å². The van der Waals surface area contributed by atoms with Gasteiger partial charge >= 0.3 is 0 Å².